The van der Waals surface area contributed by atoms with Crippen LogP contribution in [0.15, 0.2) is 46.9 Å². The van der Waals surface area contributed by atoms with Crippen LogP contribution in [0.2, 0.25) is 0 Å². The summed E-state index contributed by atoms with van der Waals surface area (Å²) in [6, 6.07) is 12.6. The number of rotatable bonds is 4. The molecule has 0 aliphatic carbocycles. The molecular weight excluding hydrogens is 284 g/mol. The minimum absolute atomic E-state index is 0.147. The van der Waals surface area contributed by atoms with Crippen molar-refractivity contribution in [1.82, 2.24) is 0 Å². The molecular formula is C17H16O5. The van der Waals surface area contributed by atoms with E-state index in [2.05, 4.69) is 0 Å². The van der Waals surface area contributed by atoms with Crippen molar-refractivity contribution < 1.29 is 24.2 Å². The Bertz CT molecular complexity index is 820. The molecule has 22 heavy (non-hydrogen) atoms. The molecule has 2 unspecified atom stereocenters. The number of esters is 1. The van der Waals surface area contributed by atoms with E-state index in [4.69, 9.17) is 9.15 Å². The summed E-state index contributed by atoms with van der Waals surface area (Å²) >= 11 is 0. The van der Waals surface area contributed by atoms with Crippen LogP contribution < -0.4 is 0 Å². The number of hydrogen-bond donors (Lipinski definition) is 2. The van der Waals surface area contributed by atoms with Gasteiger partial charge in [-0.3, -0.25) is 0 Å². The first kappa shape index (κ1) is 14.6. The molecule has 0 spiro atoms. The summed E-state index contributed by atoms with van der Waals surface area (Å²) in [4.78, 5) is 11.5. The molecule has 5 heteroatoms. The zero-order valence-corrected chi connectivity index (χ0v) is 12.0. The van der Waals surface area contributed by atoms with Gasteiger partial charge in [-0.25, -0.2) is 4.79 Å². The molecule has 2 aromatic carbocycles. The van der Waals surface area contributed by atoms with E-state index < -0.39 is 18.2 Å². The van der Waals surface area contributed by atoms with Crippen LogP contribution in [0.25, 0.3) is 21.9 Å². The molecule has 0 amide bonds. The lowest BCUT2D eigenvalue weighted by Gasteiger charge is -2.16. The van der Waals surface area contributed by atoms with Gasteiger partial charge in [-0.05, 0) is 30.7 Å². The van der Waals surface area contributed by atoms with Crippen molar-refractivity contribution in [2.24, 2.45) is 0 Å². The summed E-state index contributed by atoms with van der Waals surface area (Å²) in [5.41, 5.74) is 1.86. The standard InChI is InChI=1S/C17H16O5/c1-2-21-17(20)16(19)15(18)10-7-8-14-12(9-10)11-5-3-4-6-13(11)22-14/h3-9,15-16,18-19H,2H2,1H3. The second-order valence-electron chi connectivity index (χ2n) is 5.00. The number of carbonyl (C=O) groups is 1. The number of benzene rings is 2. The predicted octanol–water partition coefficient (Wildman–Crippen LogP) is 2.54. The molecule has 5 nitrogen and oxygen atoms in total. The van der Waals surface area contributed by atoms with E-state index in [1.54, 1.807) is 25.1 Å². The molecule has 2 N–H and O–H groups in total. The third-order valence-electron chi connectivity index (χ3n) is 3.57. The first-order valence-corrected chi connectivity index (χ1v) is 7.05. The number of aliphatic hydroxyl groups is 2. The molecule has 0 fully saturated rings. The fourth-order valence-corrected chi connectivity index (χ4v) is 2.47. The summed E-state index contributed by atoms with van der Waals surface area (Å²) in [7, 11) is 0. The molecule has 0 saturated carbocycles. The molecule has 0 radical (unpaired) electrons. The van der Waals surface area contributed by atoms with Crippen LogP contribution in [0.5, 0.6) is 0 Å². The highest BCUT2D eigenvalue weighted by atomic mass is 16.5. The zero-order chi connectivity index (χ0) is 15.7. The molecule has 0 aliphatic rings. The Morgan fingerprint density at radius 3 is 2.64 bits per heavy atom. The van der Waals surface area contributed by atoms with E-state index in [0.717, 1.165) is 16.4 Å². The van der Waals surface area contributed by atoms with E-state index >= 15 is 0 Å². The topological polar surface area (TPSA) is 79.9 Å². The number of fused-ring (bicyclic) bond motifs is 3. The van der Waals surface area contributed by atoms with Crippen LogP contribution in [0, 0.1) is 0 Å². The normalized spacial score (nSPS) is 14.1. The third kappa shape index (κ3) is 2.45. The summed E-state index contributed by atoms with van der Waals surface area (Å²) in [5, 5.41) is 21.8. The van der Waals surface area contributed by atoms with Crippen LogP contribution in [0.3, 0.4) is 0 Å². The van der Waals surface area contributed by atoms with Gasteiger partial charge in [-0.2, -0.15) is 0 Å². The zero-order valence-electron chi connectivity index (χ0n) is 12.0. The van der Waals surface area contributed by atoms with Gasteiger partial charge in [0.1, 0.15) is 17.3 Å². The van der Waals surface area contributed by atoms with Crippen molar-refractivity contribution in [3.8, 4) is 0 Å². The van der Waals surface area contributed by atoms with Crippen LogP contribution in [-0.2, 0) is 9.53 Å². The second kappa shape index (κ2) is 5.79. The number of aliphatic hydroxyl groups excluding tert-OH is 2. The largest absolute Gasteiger partial charge is 0.464 e. The van der Waals surface area contributed by atoms with Gasteiger partial charge in [-0.1, -0.05) is 24.3 Å². The Labute approximate surface area is 126 Å². The first-order valence-electron chi connectivity index (χ1n) is 7.05. The number of para-hydroxylation sites is 1. The average molecular weight is 300 g/mol. The Morgan fingerprint density at radius 1 is 1.14 bits per heavy atom. The van der Waals surface area contributed by atoms with Crippen molar-refractivity contribution in [1.29, 1.82) is 0 Å². The van der Waals surface area contributed by atoms with Gasteiger partial charge in [0.05, 0.1) is 6.61 Å². The molecule has 114 valence electrons. The summed E-state index contributed by atoms with van der Waals surface area (Å²) in [5.74, 6) is -0.841. The minimum Gasteiger partial charge on any atom is -0.464 e. The molecule has 0 aliphatic heterocycles. The highest BCUT2D eigenvalue weighted by Gasteiger charge is 2.27. The quantitative estimate of drug-likeness (QED) is 0.724. The molecule has 1 aromatic heterocycles. The molecule has 1 heterocycles. The van der Waals surface area contributed by atoms with Gasteiger partial charge in [0.15, 0.2) is 6.10 Å². The SMILES string of the molecule is CCOC(=O)C(O)C(O)c1ccc2oc3ccccc3c2c1. The van der Waals surface area contributed by atoms with Gasteiger partial charge in [0.2, 0.25) is 0 Å². The monoisotopic (exact) mass is 300 g/mol. The lowest BCUT2D eigenvalue weighted by Crippen LogP contribution is -2.29. The molecule has 0 saturated heterocycles. The maximum absolute atomic E-state index is 11.5. The highest BCUT2D eigenvalue weighted by molar-refractivity contribution is 6.05. The average Bonchev–Trinajstić information content (AvgIpc) is 2.91. The predicted molar refractivity (Wildman–Crippen MR) is 81.3 cm³/mol. The van der Waals surface area contributed by atoms with Gasteiger partial charge in [0.25, 0.3) is 0 Å². The van der Waals surface area contributed by atoms with Crippen LogP contribution in [0.4, 0.5) is 0 Å². The Balaban J connectivity index is 2.00. The van der Waals surface area contributed by atoms with E-state index in [-0.39, 0.29) is 6.61 Å². The number of hydrogen-bond acceptors (Lipinski definition) is 5. The van der Waals surface area contributed by atoms with Crippen molar-refractivity contribution in [3.05, 3.63) is 48.0 Å². The second-order valence-corrected chi connectivity index (χ2v) is 5.00. The lowest BCUT2D eigenvalue weighted by atomic mass is 10.0. The van der Waals surface area contributed by atoms with Crippen LogP contribution in [-0.4, -0.2) is 28.9 Å². The van der Waals surface area contributed by atoms with E-state index in [9.17, 15) is 15.0 Å². The van der Waals surface area contributed by atoms with Gasteiger partial charge < -0.3 is 19.4 Å². The maximum atomic E-state index is 11.5. The van der Waals surface area contributed by atoms with Gasteiger partial charge in [-0.15, -0.1) is 0 Å². The first-order chi connectivity index (χ1) is 10.6. The fraction of sp³-hybridized carbons (Fsp3) is 0.235. The molecule has 2 atom stereocenters. The lowest BCUT2D eigenvalue weighted by molar-refractivity contribution is -0.159. The Hall–Kier alpha value is -2.37. The maximum Gasteiger partial charge on any atom is 0.338 e. The minimum atomic E-state index is -1.62. The van der Waals surface area contributed by atoms with Gasteiger partial charge >= 0.3 is 5.97 Å². The Morgan fingerprint density at radius 2 is 1.86 bits per heavy atom. The molecule has 0 bridgehead atoms. The van der Waals surface area contributed by atoms with Crippen molar-refractivity contribution in [2.45, 2.75) is 19.1 Å². The Kier molecular flexibility index (Phi) is 3.83. The number of carbonyl (C=O) groups excluding carboxylic acids is 1. The van der Waals surface area contributed by atoms with Gasteiger partial charge in [0, 0.05) is 10.8 Å². The third-order valence-corrected chi connectivity index (χ3v) is 3.57. The number of ether oxygens (including phenoxy) is 1. The summed E-state index contributed by atoms with van der Waals surface area (Å²) in [6.07, 6.45) is -2.97. The number of furan rings is 1. The summed E-state index contributed by atoms with van der Waals surface area (Å²) in [6.45, 7) is 1.79. The van der Waals surface area contributed by atoms with Crippen molar-refractivity contribution >= 4 is 27.9 Å². The van der Waals surface area contributed by atoms with E-state index in [0.29, 0.717) is 11.1 Å². The van der Waals surface area contributed by atoms with E-state index in [1.165, 1.54) is 0 Å². The fourth-order valence-electron chi connectivity index (χ4n) is 2.47. The summed E-state index contributed by atoms with van der Waals surface area (Å²) < 4.78 is 10.4. The van der Waals surface area contributed by atoms with Crippen molar-refractivity contribution in [3.63, 3.8) is 0 Å². The van der Waals surface area contributed by atoms with E-state index in [1.807, 2.05) is 24.3 Å². The van der Waals surface area contributed by atoms with Crippen molar-refractivity contribution in [2.75, 3.05) is 6.61 Å². The smallest absolute Gasteiger partial charge is 0.338 e. The van der Waals surface area contributed by atoms with Crippen LogP contribution >= 0.6 is 0 Å². The highest BCUT2D eigenvalue weighted by Crippen LogP contribution is 2.31. The van der Waals surface area contributed by atoms with Crippen LogP contribution in [0.1, 0.15) is 18.6 Å². The molecule has 3 aromatic rings. The molecule has 3 rings (SSSR count).